The summed E-state index contributed by atoms with van der Waals surface area (Å²) in [4.78, 5) is 18.0. The van der Waals surface area contributed by atoms with Crippen LogP contribution in [-0.4, -0.2) is 29.3 Å². The summed E-state index contributed by atoms with van der Waals surface area (Å²) in [6, 6.07) is 6.19. The average Bonchev–Trinajstić information content (AvgIpc) is 3.44. The van der Waals surface area contributed by atoms with Gasteiger partial charge in [-0.25, -0.2) is 4.39 Å². The smallest absolute Gasteiger partial charge is 0.393 e. The molecule has 1 saturated carbocycles. The Morgan fingerprint density at radius 3 is 2.37 bits per heavy atom. The second-order valence-electron chi connectivity index (χ2n) is 8.74. The van der Waals surface area contributed by atoms with Gasteiger partial charge in [0.25, 0.3) is 11.5 Å². The Labute approximate surface area is 213 Å². The Kier molecular flexibility index (Phi) is 6.53. The van der Waals surface area contributed by atoms with Gasteiger partial charge in [-0.1, -0.05) is 46.6 Å². The van der Waals surface area contributed by atoms with Gasteiger partial charge in [0.2, 0.25) is 0 Å². The Balaban J connectivity index is 1.57. The number of hydrogen-bond acceptors (Lipinski definition) is 4. The fraction of sp³-hybridized carbons (Fsp3) is 0.348. The van der Waals surface area contributed by atoms with Crippen LogP contribution in [0.2, 0.25) is 10.0 Å². The topological polar surface area (TPSA) is 76.7 Å². The summed E-state index contributed by atoms with van der Waals surface area (Å²) in [5.74, 6) is -1.37. The van der Waals surface area contributed by atoms with E-state index in [1.807, 2.05) is 0 Å². The fourth-order valence-corrected chi connectivity index (χ4v) is 4.71. The zero-order valence-corrected chi connectivity index (χ0v) is 20.6. The highest BCUT2D eigenvalue weighted by molar-refractivity contribution is 7.80. The predicted molar refractivity (Wildman–Crippen MR) is 128 cm³/mol. The highest BCUT2D eigenvalue weighted by Gasteiger charge is 2.62. The molecule has 2 aliphatic rings. The second-order valence-corrected chi connectivity index (χ2v) is 10.00. The Morgan fingerprint density at radius 2 is 1.86 bits per heavy atom. The maximum atomic E-state index is 14.2. The number of nitrogens with zero attached hydrogens (tertiary/aromatic N) is 1. The molecule has 1 fully saturated rings. The molecular weight excluding hydrogens is 529 g/mol. The van der Waals surface area contributed by atoms with Crippen LogP contribution >= 0.6 is 35.4 Å². The van der Waals surface area contributed by atoms with Gasteiger partial charge in [0.05, 0.1) is 20.7 Å². The summed E-state index contributed by atoms with van der Waals surface area (Å²) in [7, 11) is 0. The summed E-state index contributed by atoms with van der Waals surface area (Å²) in [5, 5.41) is 5.37. The number of rotatable bonds is 6. The molecule has 0 saturated heterocycles. The van der Waals surface area contributed by atoms with E-state index in [1.54, 1.807) is 13.0 Å². The van der Waals surface area contributed by atoms with Crippen LogP contribution in [0.3, 0.4) is 0 Å². The molecule has 2 aromatic carbocycles. The molecule has 4 rings (SSSR count). The van der Waals surface area contributed by atoms with Gasteiger partial charge in [-0.3, -0.25) is 4.79 Å². The van der Waals surface area contributed by atoms with Crippen molar-refractivity contribution < 1.29 is 27.2 Å². The first-order valence-corrected chi connectivity index (χ1v) is 11.6. The van der Waals surface area contributed by atoms with Gasteiger partial charge in [-0.05, 0) is 55.2 Å². The van der Waals surface area contributed by atoms with E-state index >= 15 is 0 Å². The van der Waals surface area contributed by atoms with Gasteiger partial charge in [-0.15, -0.1) is 0 Å². The number of alkyl halides is 3. The number of benzene rings is 2. The largest absolute Gasteiger partial charge is 0.435 e. The lowest BCUT2D eigenvalue weighted by Crippen LogP contribution is -2.42. The van der Waals surface area contributed by atoms with Gasteiger partial charge in [0.15, 0.2) is 5.82 Å². The average molecular weight is 548 g/mol. The lowest BCUT2D eigenvalue weighted by Gasteiger charge is -2.29. The highest BCUT2D eigenvalue weighted by atomic mass is 35.5. The van der Waals surface area contributed by atoms with Gasteiger partial charge in [0, 0.05) is 29.5 Å². The van der Waals surface area contributed by atoms with Crippen molar-refractivity contribution in [3.63, 3.8) is 0 Å². The third-order valence-electron chi connectivity index (χ3n) is 6.40. The first kappa shape index (κ1) is 25.7. The first-order chi connectivity index (χ1) is 16.3. The molecule has 0 unspecified atom stereocenters. The molecule has 12 heteroatoms. The minimum Gasteiger partial charge on any atom is -0.393 e. The number of oxime groups is 1. The molecule has 0 radical (unpaired) electrons. The monoisotopic (exact) mass is 547 g/mol. The van der Waals surface area contributed by atoms with Gasteiger partial charge in [0.1, 0.15) is 0 Å². The quantitative estimate of drug-likeness (QED) is 0.271. The maximum Gasteiger partial charge on any atom is 0.435 e. The number of aryl methyl sites for hydroxylation is 1. The molecular formula is C23H19Cl2F4N3O2S. The Morgan fingerprint density at radius 1 is 1.23 bits per heavy atom. The van der Waals surface area contributed by atoms with Crippen LogP contribution < -0.4 is 11.1 Å². The van der Waals surface area contributed by atoms with Crippen molar-refractivity contribution in [3.8, 4) is 0 Å². The van der Waals surface area contributed by atoms with Crippen molar-refractivity contribution in [1.29, 1.82) is 0 Å². The standard InChI is InChI=1S/C23H19Cl2F4N3O2S/c1-11-6-12(2-3-14(11)19(33)31-10-21(4-5-21)20(30)35)17-9-22(34-32-17,23(27,28)29)13-7-15(24)18(26)16(25)8-13/h2-3,6-8H,4-5,9-10H2,1H3,(H2,30,35)(H,31,33)/t22-/m0/s1. The van der Waals surface area contributed by atoms with Crippen LogP contribution in [-0.2, 0) is 10.4 Å². The number of thiocarbonyl (C=S) groups is 1. The molecule has 0 bridgehead atoms. The third-order valence-corrected chi connectivity index (χ3v) is 7.39. The van der Waals surface area contributed by atoms with Gasteiger partial charge < -0.3 is 15.9 Å². The van der Waals surface area contributed by atoms with Crippen molar-refractivity contribution in [2.24, 2.45) is 16.3 Å². The number of carbonyl (C=O) groups is 1. The van der Waals surface area contributed by atoms with Crippen LogP contribution in [0.15, 0.2) is 35.5 Å². The van der Waals surface area contributed by atoms with Gasteiger partial charge >= 0.3 is 6.18 Å². The number of hydrogen-bond donors (Lipinski definition) is 2. The van der Waals surface area contributed by atoms with E-state index in [-0.39, 0.29) is 17.0 Å². The molecule has 0 spiro atoms. The summed E-state index contributed by atoms with van der Waals surface area (Å²) >= 11 is 16.5. The first-order valence-electron chi connectivity index (χ1n) is 10.5. The normalized spacial score (nSPS) is 20.7. The number of nitrogens with two attached hydrogens (primary N) is 1. The lowest BCUT2D eigenvalue weighted by molar-refractivity contribution is -0.275. The number of halogens is 6. The highest BCUT2D eigenvalue weighted by Crippen LogP contribution is 2.50. The van der Waals surface area contributed by atoms with Crippen LogP contribution in [0, 0.1) is 18.2 Å². The third kappa shape index (κ3) is 4.59. The van der Waals surface area contributed by atoms with E-state index in [0.717, 1.165) is 25.0 Å². The van der Waals surface area contributed by atoms with Gasteiger partial charge in [-0.2, -0.15) is 13.2 Å². The van der Waals surface area contributed by atoms with Crippen molar-refractivity contribution >= 4 is 52.0 Å². The molecule has 0 aromatic heterocycles. The molecule has 1 aliphatic carbocycles. The number of nitrogens with one attached hydrogen (secondary N) is 1. The Hall–Kier alpha value is -2.43. The molecule has 3 N–H and O–H groups in total. The molecule has 35 heavy (non-hydrogen) atoms. The van der Waals surface area contributed by atoms with Crippen molar-refractivity contribution in [1.82, 2.24) is 5.32 Å². The summed E-state index contributed by atoms with van der Waals surface area (Å²) in [6.45, 7) is 1.98. The molecule has 1 amide bonds. The van der Waals surface area contributed by atoms with Crippen LogP contribution in [0.25, 0.3) is 0 Å². The van der Waals surface area contributed by atoms with Crippen molar-refractivity contribution in [2.45, 2.75) is 38.0 Å². The van der Waals surface area contributed by atoms with E-state index in [2.05, 4.69) is 10.5 Å². The second kappa shape index (κ2) is 8.90. The minimum atomic E-state index is -4.92. The number of amides is 1. The van der Waals surface area contributed by atoms with Crippen LogP contribution in [0.5, 0.6) is 0 Å². The van der Waals surface area contributed by atoms with Crippen molar-refractivity contribution in [2.75, 3.05) is 6.54 Å². The molecule has 186 valence electrons. The molecule has 1 heterocycles. The molecule has 1 atom stereocenters. The summed E-state index contributed by atoms with van der Waals surface area (Å²) in [5.41, 5.74) is 3.24. The lowest BCUT2D eigenvalue weighted by atomic mass is 9.86. The SMILES string of the molecule is Cc1cc(C2=NO[C@@](c3cc(Cl)c(F)c(Cl)c3)(C(F)(F)F)C2)ccc1C(=O)NCC1(C(N)=S)CC1. The van der Waals surface area contributed by atoms with Crippen LogP contribution in [0.1, 0.15) is 46.3 Å². The molecule has 2 aromatic rings. The zero-order valence-electron chi connectivity index (χ0n) is 18.2. The Bertz CT molecular complexity index is 1240. The minimum absolute atomic E-state index is 0.000586. The predicted octanol–water partition coefficient (Wildman–Crippen LogP) is 5.82. The van der Waals surface area contributed by atoms with E-state index in [1.165, 1.54) is 12.1 Å². The fourth-order valence-electron chi connectivity index (χ4n) is 3.95. The van der Waals surface area contributed by atoms with E-state index in [0.29, 0.717) is 28.2 Å². The van der Waals surface area contributed by atoms with E-state index < -0.39 is 39.6 Å². The van der Waals surface area contributed by atoms with E-state index in [4.69, 9.17) is 46.0 Å². The molecule has 1 aliphatic heterocycles. The summed E-state index contributed by atoms with van der Waals surface area (Å²) in [6.07, 6.45) is -3.99. The number of carbonyl (C=O) groups excluding carboxylic acids is 1. The maximum absolute atomic E-state index is 14.2. The van der Waals surface area contributed by atoms with Crippen molar-refractivity contribution in [3.05, 3.63) is 68.4 Å². The van der Waals surface area contributed by atoms with E-state index in [9.17, 15) is 22.4 Å². The molecule has 5 nitrogen and oxygen atoms in total. The van der Waals surface area contributed by atoms with Crippen LogP contribution in [0.4, 0.5) is 17.6 Å². The zero-order chi connectivity index (χ0) is 25.8. The summed E-state index contributed by atoms with van der Waals surface area (Å²) < 4.78 is 56.4.